The Hall–Kier alpha value is -1.06. The number of likely N-dealkylation sites (N-methyl/N-ethyl adjacent to an activating group) is 1. The summed E-state index contributed by atoms with van der Waals surface area (Å²) in [4.78, 5) is 22.9. The number of nitrogens with one attached hydrogen (secondary N) is 2. The Morgan fingerprint density at radius 2 is 1.71 bits per heavy atom. The molecule has 0 bridgehead atoms. The molecule has 0 aromatic carbocycles. The fourth-order valence-corrected chi connectivity index (χ4v) is 1.60. The molecular weight excluding hydrogens is 216 g/mol. The molecule has 1 atom stereocenters. The summed E-state index contributed by atoms with van der Waals surface area (Å²) in [7, 11) is 0. The van der Waals surface area contributed by atoms with E-state index in [1.165, 1.54) is 19.3 Å². The van der Waals surface area contributed by atoms with Gasteiger partial charge in [0.25, 0.3) is 0 Å². The Balaban J connectivity index is 3.60. The lowest BCUT2D eigenvalue weighted by Gasteiger charge is -2.13. The summed E-state index contributed by atoms with van der Waals surface area (Å²) >= 11 is 0. The minimum absolute atomic E-state index is 0.0275. The summed E-state index contributed by atoms with van der Waals surface area (Å²) in [6, 6.07) is -0.432. The molecule has 0 saturated carbocycles. The van der Waals surface area contributed by atoms with Gasteiger partial charge < -0.3 is 10.6 Å². The molecule has 0 aromatic heterocycles. The lowest BCUT2D eigenvalue weighted by Crippen LogP contribution is -2.44. The minimum Gasteiger partial charge on any atom is -0.355 e. The first-order chi connectivity index (χ1) is 8.11. The molecule has 0 radical (unpaired) electrons. The minimum atomic E-state index is -0.432. The molecule has 0 unspecified atom stereocenters. The maximum atomic E-state index is 11.5. The highest BCUT2D eigenvalue weighted by atomic mass is 16.2. The first kappa shape index (κ1) is 15.9. The fraction of sp³-hybridized carbons (Fsp3) is 0.846. The predicted octanol–water partition coefficient (Wildman–Crippen LogP) is 1.99. The topological polar surface area (TPSA) is 58.2 Å². The molecule has 4 nitrogen and oxygen atoms in total. The number of carbonyl (C=O) groups is 2. The quantitative estimate of drug-likeness (QED) is 0.607. The summed E-state index contributed by atoms with van der Waals surface area (Å²) in [5, 5.41) is 5.39. The van der Waals surface area contributed by atoms with E-state index in [0.717, 1.165) is 12.8 Å². The van der Waals surface area contributed by atoms with Gasteiger partial charge in [0.1, 0.15) is 6.04 Å². The second kappa shape index (κ2) is 10.1. The Kier molecular flexibility index (Phi) is 9.49. The van der Waals surface area contributed by atoms with E-state index in [4.69, 9.17) is 0 Å². The molecular formula is C13H26N2O2. The van der Waals surface area contributed by atoms with Gasteiger partial charge in [0.2, 0.25) is 11.8 Å². The maximum Gasteiger partial charge on any atom is 0.242 e. The molecule has 100 valence electrons. The van der Waals surface area contributed by atoms with Gasteiger partial charge >= 0.3 is 0 Å². The SMILES string of the molecule is CCCCCCCC(=O)N[C@@H](C)C(=O)NCC. The van der Waals surface area contributed by atoms with Crippen LogP contribution in [0.5, 0.6) is 0 Å². The van der Waals surface area contributed by atoms with Crippen LogP contribution in [0.4, 0.5) is 0 Å². The van der Waals surface area contributed by atoms with Crippen molar-refractivity contribution in [2.24, 2.45) is 0 Å². The zero-order valence-electron chi connectivity index (χ0n) is 11.3. The third-order valence-corrected chi connectivity index (χ3v) is 2.63. The first-order valence-corrected chi connectivity index (χ1v) is 6.68. The summed E-state index contributed by atoms with van der Waals surface area (Å²) in [5.41, 5.74) is 0. The molecule has 0 rings (SSSR count). The van der Waals surface area contributed by atoms with Crippen molar-refractivity contribution in [1.82, 2.24) is 10.6 Å². The zero-order chi connectivity index (χ0) is 13.1. The summed E-state index contributed by atoms with van der Waals surface area (Å²) in [6.45, 7) is 6.33. The molecule has 2 amide bonds. The van der Waals surface area contributed by atoms with Gasteiger partial charge in [-0.15, -0.1) is 0 Å². The molecule has 0 saturated heterocycles. The van der Waals surface area contributed by atoms with Crippen LogP contribution >= 0.6 is 0 Å². The van der Waals surface area contributed by atoms with Crippen LogP contribution < -0.4 is 10.6 Å². The van der Waals surface area contributed by atoms with E-state index in [1.54, 1.807) is 6.92 Å². The van der Waals surface area contributed by atoms with Gasteiger partial charge in [-0.25, -0.2) is 0 Å². The van der Waals surface area contributed by atoms with Crippen LogP contribution in [0.3, 0.4) is 0 Å². The molecule has 0 aliphatic carbocycles. The highest BCUT2D eigenvalue weighted by Gasteiger charge is 2.13. The van der Waals surface area contributed by atoms with Crippen LogP contribution in [-0.4, -0.2) is 24.4 Å². The van der Waals surface area contributed by atoms with Crippen LogP contribution in [0.1, 0.15) is 59.3 Å². The molecule has 0 heterocycles. The van der Waals surface area contributed by atoms with Crippen LogP contribution in [0.25, 0.3) is 0 Å². The van der Waals surface area contributed by atoms with E-state index in [-0.39, 0.29) is 11.8 Å². The zero-order valence-corrected chi connectivity index (χ0v) is 11.3. The van der Waals surface area contributed by atoms with E-state index in [2.05, 4.69) is 17.6 Å². The van der Waals surface area contributed by atoms with Crippen molar-refractivity contribution in [3.8, 4) is 0 Å². The molecule has 0 aliphatic heterocycles. The number of hydrogen-bond donors (Lipinski definition) is 2. The Bertz CT molecular complexity index is 229. The lowest BCUT2D eigenvalue weighted by atomic mass is 10.1. The Morgan fingerprint density at radius 1 is 1.06 bits per heavy atom. The lowest BCUT2D eigenvalue weighted by molar-refractivity contribution is -0.128. The van der Waals surface area contributed by atoms with Gasteiger partial charge in [-0.2, -0.15) is 0 Å². The highest BCUT2D eigenvalue weighted by Crippen LogP contribution is 2.04. The Morgan fingerprint density at radius 3 is 2.29 bits per heavy atom. The molecule has 2 N–H and O–H groups in total. The number of rotatable bonds is 9. The molecule has 0 aromatic rings. The average Bonchev–Trinajstić information content (AvgIpc) is 2.29. The number of hydrogen-bond acceptors (Lipinski definition) is 2. The standard InChI is InChI=1S/C13H26N2O2/c1-4-6-7-8-9-10-12(16)15-11(3)13(17)14-5-2/h11H,4-10H2,1-3H3,(H,14,17)(H,15,16)/t11-/m0/s1. The van der Waals surface area contributed by atoms with E-state index < -0.39 is 6.04 Å². The van der Waals surface area contributed by atoms with E-state index in [1.807, 2.05) is 6.92 Å². The largest absolute Gasteiger partial charge is 0.355 e. The monoisotopic (exact) mass is 242 g/mol. The first-order valence-electron chi connectivity index (χ1n) is 6.68. The van der Waals surface area contributed by atoms with Crippen molar-refractivity contribution in [3.05, 3.63) is 0 Å². The van der Waals surface area contributed by atoms with Crippen molar-refractivity contribution >= 4 is 11.8 Å². The summed E-state index contributed by atoms with van der Waals surface area (Å²) in [6.07, 6.45) is 6.16. The van der Waals surface area contributed by atoms with Crippen molar-refractivity contribution in [1.29, 1.82) is 0 Å². The van der Waals surface area contributed by atoms with Crippen LogP contribution in [-0.2, 0) is 9.59 Å². The third-order valence-electron chi connectivity index (χ3n) is 2.63. The van der Waals surface area contributed by atoms with Crippen LogP contribution in [0.15, 0.2) is 0 Å². The fourth-order valence-electron chi connectivity index (χ4n) is 1.60. The summed E-state index contributed by atoms with van der Waals surface area (Å²) < 4.78 is 0. The second-order valence-electron chi connectivity index (χ2n) is 4.35. The van der Waals surface area contributed by atoms with Crippen LogP contribution in [0.2, 0.25) is 0 Å². The van der Waals surface area contributed by atoms with Crippen molar-refractivity contribution in [2.45, 2.75) is 65.3 Å². The van der Waals surface area contributed by atoms with Crippen molar-refractivity contribution < 1.29 is 9.59 Å². The van der Waals surface area contributed by atoms with Gasteiger partial charge in [0.05, 0.1) is 0 Å². The van der Waals surface area contributed by atoms with E-state index >= 15 is 0 Å². The van der Waals surface area contributed by atoms with Crippen molar-refractivity contribution in [3.63, 3.8) is 0 Å². The Labute approximate surface area is 105 Å². The summed E-state index contributed by atoms with van der Waals surface area (Å²) in [5.74, 6) is -0.146. The number of carbonyl (C=O) groups excluding carboxylic acids is 2. The van der Waals surface area contributed by atoms with Crippen LogP contribution in [0, 0.1) is 0 Å². The predicted molar refractivity (Wildman–Crippen MR) is 69.7 cm³/mol. The molecule has 4 heteroatoms. The molecule has 0 aliphatic rings. The number of amides is 2. The average molecular weight is 242 g/mol. The maximum absolute atomic E-state index is 11.5. The molecule has 0 fully saturated rings. The van der Waals surface area contributed by atoms with E-state index in [9.17, 15) is 9.59 Å². The second-order valence-corrected chi connectivity index (χ2v) is 4.35. The molecule has 17 heavy (non-hydrogen) atoms. The highest BCUT2D eigenvalue weighted by molar-refractivity contribution is 5.87. The number of unbranched alkanes of at least 4 members (excludes halogenated alkanes) is 4. The smallest absolute Gasteiger partial charge is 0.242 e. The third kappa shape index (κ3) is 8.72. The molecule has 0 spiro atoms. The normalized spacial score (nSPS) is 11.9. The van der Waals surface area contributed by atoms with Gasteiger partial charge in [0.15, 0.2) is 0 Å². The van der Waals surface area contributed by atoms with Gasteiger partial charge in [0, 0.05) is 13.0 Å². The van der Waals surface area contributed by atoms with Gasteiger partial charge in [-0.1, -0.05) is 32.6 Å². The van der Waals surface area contributed by atoms with Gasteiger partial charge in [-0.05, 0) is 20.3 Å². The van der Waals surface area contributed by atoms with Crippen molar-refractivity contribution in [2.75, 3.05) is 6.54 Å². The van der Waals surface area contributed by atoms with E-state index in [0.29, 0.717) is 13.0 Å². The van der Waals surface area contributed by atoms with Gasteiger partial charge in [-0.3, -0.25) is 9.59 Å².